The molecule has 0 aromatic carbocycles. The lowest BCUT2D eigenvalue weighted by Crippen LogP contribution is -2.29. The molecule has 1 aliphatic heterocycles. The molecular weight excluding hydrogens is 508 g/mol. The first kappa shape index (κ1) is 25.2. The molecule has 0 saturated carbocycles. The molecule has 1 amide bonds. The van der Waals surface area contributed by atoms with Crippen LogP contribution < -0.4 is 10.6 Å². The number of halogens is 4. The number of nitrogens with zero attached hydrogens (tertiary/aromatic N) is 5. The lowest BCUT2D eigenvalue weighted by atomic mass is 10.0. The van der Waals surface area contributed by atoms with Crippen molar-refractivity contribution in [2.75, 3.05) is 11.4 Å². The predicted octanol–water partition coefficient (Wildman–Crippen LogP) is 2.84. The van der Waals surface area contributed by atoms with Crippen molar-refractivity contribution in [1.82, 2.24) is 18.9 Å². The molecule has 15 heteroatoms. The Morgan fingerprint density at radius 3 is 2.75 bits per heavy atom. The molecule has 4 rings (SSSR count). The van der Waals surface area contributed by atoms with Gasteiger partial charge in [-0.1, -0.05) is 5.92 Å². The van der Waals surface area contributed by atoms with E-state index in [1.807, 2.05) is 0 Å². The standard InChI is InChI=1S/C21H18F4N6O4S/c1-12(35-20(26)32)4-5-15-14(9-13(22)10-27-15)17-3-2-8-30(17)18-7-6-16-19(29-18)31(11-28-16)36(33,34)21(23,24)25/h6-7,9-12,17H,2-3,8H2,1H3,(H2,26,32)/t12-,17-/m1/s1. The van der Waals surface area contributed by atoms with E-state index in [9.17, 15) is 30.8 Å². The number of carbonyl (C=O) groups excluding carboxylic acids is 1. The van der Waals surface area contributed by atoms with Crippen LogP contribution >= 0.6 is 0 Å². The van der Waals surface area contributed by atoms with E-state index in [4.69, 9.17) is 10.5 Å². The monoisotopic (exact) mass is 526 g/mol. The first-order chi connectivity index (χ1) is 16.9. The number of anilines is 1. The molecule has 1 aliphatic rings. The molecule has 0 unspecified atom stereocenters. The van der Waals surface area contributed by atoms with Crippen LogP contribution in [-0.4, -0.2) is 51.6 Å². The number of primary amides is 1. The fourth-order valence-corrected chi connectivity index (χ4v) is 4.62. The van der Waals surface area contributed by atoms with Gasteiger partial charge >= 0.3 is 21.6 Å². The summed E-state index contributed by atoms with van der Waals surface area (Å²) in [5.41, 5.74) is -0.551. The van der Waals surface area contributed by atoms with Crippen LogP contribution in [0.25, 0.3) is 11.2 Å². The quantitative estimate of drug-likeness (QED) is 0.405. The number of fused-ring (bicyclic) bond motifs is 1. The second kappa shape index (κ2) is 9.26. The van der Waals surface area contributed by atoms with E-state index in [0.717, 1.165) is 6.20 Å². The van der Waals surface area contributed by atoms with Crippen LogP contribution in [0.4, 0.5) is 28.2 Å². The van der Waals surface area contributed by atoms with E-state index in [-0.39, 0.29) is 21.0 Å². The molecule has 0 radical (unpaired) electrons. The summed E-state index contributed by atoms with van der Waals surface area (Å²) in [6, 6.07) is 3.55. The van der Waals surface area contributed by atoms with Crippen molar-refractivity contribution in [2.45, 2.75) is 37.4 Å². The number of amides is 1. The fourth-order valence-electron chi connectivity index (χ4n) is 3.86. The van der Waals surface area contributed by atoms with Crippen LogP contribution in [0.3, 0.4) is 0 Å². The van der Waals surface area contributed by atoms with Gasteiger partial charge in [-0.3, -0.25) is 0 Å². The Morgan fingerprint density at radius 1 is 1.31 bits per heavy atom. The Bertz CT molecular complexity index is 1500. The molecule has 0 bridgehead atoms. The molecule has 2 N–H and O–H groups in total. The number of aromatic nitrogens is 4. The zero-order valence-corrected chi connectivity index (χ0v) is 19.3. The molecule has 3 aromatic rings. The van der Waals surface area contributed by atoms with E-state index in [1.54, 1.807) is 4.90 Å². The number of nitrogens with two attached hydrogens (primary N) is 1. The molecule has 0 aliphatic carbocycles. The zero-order chi connectivity index (χ0) is 26.3. The van der Waals surface area contributed by atoms with Crippen molar-refractivity contribution in [3.05, 3.63) is 47.8 Å². The maximum absolute atomic E-state index is 14.1. The van der Waals surface area contributed by atoms with E-state index < -0.39 is 45.2 Å². The first-order valence-electron chi connectivity index (χ1n) is 10.4. The van der Waals surface area contributed by atoms with Gasteiger partial charge in [0.2, 0.25) is 0 Å². The molecule has 4 heterocycles. The third-order valence-electron chi connectivity index (χ3n) is 5.38. The predicted molar refractivity (Wildman–Crippen MR) is 118 cm³/mol. The number of pyridine rings is 2. The average Bonchev–Trinajstić information content (AvgIpc) is 3.44. The second-order valence-corrected chi connectivity index (χ2v) is 9.60. The number of ether oxygens (including phenoxy) is 1. The summed E-state index contributed by atoms with van der Waals surface area (Å²) in [5.74, 6) is 4.92. The number of hydrogen-bond donors (Lipinski definition) is 1. The summed E-state index contributed by atoms with van der Waals surface area (Å²) in [7, 11) is -5.75. The minimum absolute atomic E-state index is 0.0162. The van der Waals surface area contributed by atoms with Crippen LogP contribution in [0.15, 0.2) is 30.7 Å². The molecule has 1 saturated heterocycles. The van der Waals surface area contributed by atoms with Gasteiger partial charge in [0.25, 0.3) is 0 Å². The number of hydrogen-bond acceptors (Lipinski definition) is 8. The van der Waals surface area contributed by atoms with Crippen LogP contribution in [0.1, 0.15) is 37.1 Å². The number of rotatable bonds is 4. The van der Waals surface area contributed by atoms with Gasteiger partial charge in [-0.25, -0.2) is 28.1 Å². The van der Waals surface area contributed by atoms with Crippen molar-refractivity contribution in [3.8, 4) is 11.8 Å². The molecule has 1 fully saturated rings. The van der Waals surface area contributed by atoms with Crippen molar-refractivity contribution >= 4 is 33.1 Å². The van der Waals surface area contributed by atoms with Gasteiger partial charge in [-0.05, 0) is 43.9 Å². The van der Waals surface area contributed by atoms with Gasteiger partial charge in [0, 0.05) is 12.1 Å². The molecule has 2 atom stereocenters. The Labute approximate surface area is 202 Å². The van der Waals surface area contributed by atoms with Crippen LogP contribution in [0.5, 0.6) is 0 Å². The fraction of sp³-hybridized carbons (Fsp3) is 0.333. The topological polar surface area (TPSA) is 133 Å². The van der Waals surface area contributed by atoms with Crippen LogP contribution in [0.2, 0.25) is 0 Å². The minimum Gasteiger partial charge on any atom is -0.433 e. The smallest absolute Gasteiger partial charge is 0.433 e. The average molecular weight is 526 g/mol. The van der Waals surface area contributed by atoms with E-state index in [2.05, 4.69) is 26.8 Å². The SMILES string of the molecule is C[C@H](C#Cc1ncc(F)cc1[C@H]1CCCN1c1ccc2ncn(S(=O)(=O)C(F)(F)F)c2n1)OC(N)=O. The highest BCUT2D eigenvalue weighted by atomic mass is 32.2. The Hall–Kier alpha value is -3.93. The van der Waals surface area contributed by atoms with Crippen LogP contribution in [0, 0.1) is 17.7 Å². The van der Waals surface area contributed by atoms with Crippen molar-refractivity contribution in [1.29, 1.82) is 0 Å². The molecule has 10 nitrogen and oxygen atoms in total. The molecule has 36 heavy (non-hydrogen) atoms. The Morgan fingerprint density at radius 2 is 2.06 bits per heavy atom. The molecule has 0 spiro atoms. The van der Waals surface area contributed by atoms with Gasteiger partial charge in [0.15, 0.2) is 11.8 Å². The maximum atomic E-state index is 14.1. The van der Waals surface area contributed by atoms with Gasteiger partial charge in [-0.15, -0.1) is 0 Å². The minimum atomic E-state index is -5.75. The van der Waals surface area contributed by atoms with Gasteiger partial charge in [-0.2, -0.15) is 21.6 Å². The van der Waals surface area contributed by atoms with E-state index >= 15 is 0 Å². The second-order valence-electron chi connectivity index (χ2n) is 7.79. The summed E-state index contributed by atoms with van der Waals surface area (Å²) in [6.45, 7) is 1.88. The van der Waals surface area contributed by atoms with Crippen LogP contribution in [-0.2, 0) is 14.8 Å². The third kappa shape index (κ3) is 4.76. The Balaban J connectivity index is 1.75. The molecule has 190 valence electrons. The summed E-state index contributed by atoms with van der Waals surface area (Å²) in [6.07, 6.45) is 0.769. The highest BCUT2D eigenvalue weighted by molar-refractivity contribution is 7.90. The first-order valence-corrected chi connectivity index (χ1v) is 11.9. The maximum Gasteiger partial charge on any atom is 0.517 e. The molecule has 3 aromatic heterocycles. The highest BCUT2D eigenvalue weighted by Crippen LogP contribution is 2.37. The van der Waals surface area contributed by atoms with Crippen molar-refractivity contribution < 1.29 is 35.5 Å². The summed E-state index contributed by atoms with van der Waals surface area (Å²) >= 11 is 0. The molecular formula is C21H18F4N6O4S. The van der Waals surface area contributed by atoms with E-state index in [0.29, 0.717) is 31.3 Å². The zero-order valence-electron chi connectivity index (χ0n) is 18.5. The van der Waals surface area contributed by atoms with Gasteiger partial charge < -0.3 is 15.4 Å². The third-order valence-corrected chi connectivity index (χ3v) is 6.75. The van der Waals surface area contributed by atoms with Gasteiger partial charge in [0.05, 0.1) is 12.2 Å². The van der Waals surface area contributed by atoms with Crippen molar-refractivity contribution in [2.24, 2.45) is 5.73 Å². The largest absolute Gasteiger partial charge is 0.517 e. The lowest BCUT2D eigenvalue weighted by Gasteiger charge is -2.26. The summed E-state index contributed by atoms with van der Waals surface area (Å²) in [4.78, 5) is 24.5. The van der Waals surface area contributed by atoms with E-state index in [1.165, 1.54) is 25.1 Å². The number of alkyl halides is 3. The number of imidazole rings is 1. The number of carbonyl (C=O) groups is 1. The Kier molecular flexibility index (Phi) is 6.48. The van der Waals surface area contributed by atoms with Gasteiger partial charge in [0.1, 0.15) is 29.2 Å². The lowest BCUT2D eigenvalue weighted by molar-refractivity contribution is -0.0445. The summed E-state index contributed by atoms with van der Waals surface area (Å²) < 4.78 is 82.2. The highest BCUT2D eigenvalue weighted by Gasteiger charge is 2.48. The normalized spacial score (nSPS) is 17.0. The summed E-state index contributed by atoms with van der Waals surface area (Å²) in [5, 5.41) is 0. The van der Waals surface area contributed by atoms with Crippen molar-refractivity contribution in [3.63, 3.8) is 0 Å².